The summed E-state index contributed by atoms with van der Waals surface area (Å²) in [5.74, 6) is -1.14. The van der Waals surface area contributed by atoms with Crippen LogP contribution in [0.25, 0.3) is 0 Å². The Labute approximate surface area is 85.6 Å². The Balaban J connectivity index is 2.96. The van der Waals surface area contributed by atoms with Gasteiger partial charge in [0.15, 0.2) is 0 Å². The SMILES string of the molecule is COC(=O)[C@H](N)c1ccc(F)c(Cl)c1. The van der Waals surface area contributed by atoms with Gasteiger partial charge in [0.05, 0.1) is 12.1 Å². The highest BCUT2D eigenvalue weighted by Gasteiger charge is 2.16. The van der Waals surface area contributed by atoms with E-state index in [-0.39, 0.29) is 5.02 Å². The largest absolute Gasteiger partial charge is 0.468 e. The number of carbonyl (C=O) groups excluding carboxylic acids is 1. The summed E-state index contributed by atoms with van der Waals surface area (Å²) in [7, 11) is 1.23. The van der Waals surface area contributed by atoms with Crippen LogP contribution in [-0.2, 0) is 9.53 Å². The van der Waals surface area contributed by atoms with Gasteiger partial charge in [0.2, 0.25) is 0 Å². The number of ether oxygens (including phenoxy) is 1. The summed E-state index contributed by atoms with van der Waals surface area (Å²) < 4.78 is 17.2. The molecule has 2 N–H and O–H groups in total. The molecule has 0 spiro atoms. The first kappa shape index (κ1) is 10.9. The molecule has 0 fully saturated rings. The van der Waals surface area contributed by atoms with Gasteiger partial charge in [-0.1, -0.05) is 17.7 Å². The molecule has 0 heterocycles. The molecule has 1 atom stereocenters. The number of rotatable bonds is 2. The molecule has 3 nitrogen and oxygen atoms in total. The van der Waals surface area contributed by atoms with Gasteiger partial charge in [-0.3, -0.25) is 4.79 Å². The van der Waals surface area contributed by atoms with Gasteiger partial charge < -0.3 is 10.5 Å². The number of methoxy groups -OCH3 is 1. The van der Waals surface area contributed by atoms with Gasteiger partial charge in [-0.15, -0.1) is 0 Å². The second-order valence-corrected chi connectivity index (χ2v) is 3.08. The zero-order valence-electron chi connectivity index (χ0n) is 7.46. The van der Waals surface area contributed by atoms with Crippen LogP contribution in [0.4, 0.5) is 4.39 Å². The van der Waals surface area contributed by atoms with E-state index in [1.165, 1.54) is 19.2 Å². The summed E-state index contributed by atoms with van der Waals surface area (Å²) in [6.45, 7) is 0. The summed E-state index contributed by atoms with van der Waals surface area (Å²) in [5, 5.41) is -0.0677. The predicted molar refractivity (Wildman–Crippen MR) is 50.4 cm³/mol. The molecule has 1 aromatic carbocycles. The van der Waals surface area contributed by atoms with Gasteiger partial charge in [0.1, 0.15) is 11.9 Å². The maximum absolute atomic E-state index is 12.8. The Morgan fingerprint density at radius 1 is 1.64 bits per heavy atom. The molecule has 0 aliphatic carbocycles. The van der Waals surface area contributed by atoms with E-state index < -0.39 is 17.8 Å². The van der Waals surface area contributed by atoms with E-state index in [2.05, 4.69) is 4.74 Å². The first-order valence-electron chi connectivity index (χ1n) is 3.84. The maximum Gasteiger partial charge on any atom is 0.327 e. The molecule has 1 rings (SSSR count). The van der Waals surface area contributed by atoms with Crippen molar-refractivity contribution in [1.82, 2.24) is 0 Å². The molecule has 76 valence electrons. The van der Waals surface area contributed by atoms with E-state index in [1.54, 1.807) is 0 Å². The van der Waals surface area contributed by atoms with Crippen LogP contribution in [-0.4, -0.2) is 13.1 Å². The van der Waals surface area contributed by atoms with Crippen LogP contribution >= 0.6 is 11.6 Å². The lowest BCUT2D eigenvalue weighted by Gasteiger charge is -2.09. The highest BCUT2D eigenvalue weighted by atomic mass is 35.5. The Morgan fingerprint density at radius 2 is 2.29 bits per heavy atom. The molecule has 0 aliphatic rings. The molecule has 0 aromatic heterocycles. The standard InChI is InChI=1S/C9H9ClFNO2/c1-14-9(13)8(12)5-2-3-7(11)6(10)4-5/h2-4,8H,12H2,1H3/t8-/m1/s1. The van der Waals surface area contributed by atoms with Crippen LogP contribution in [0.5, 0.6) is 0 Å². The van der Waals surface area contributed by atoms with Crippen molar-refractivity contribution < 1.29 is 13.9 Å². The minimum atomic E-state index is -0.932. The number of esters is 1. The lowest BCUT2D eigenvalue weighted by Crippen LogP contribution is -2.22. The maximum atomic E-state index is 12.8. The number of nitrogens with two attached hydrogens (primary N) is 1. The number of hydrogen-bond acceptors (Lipinski definition) is 3. The van der Waals surface area contributed by atoms with Gasteiger partial charge in [-0.2, -0.15) is 0 Å². The predicted octanol–water partition coefficient (Wildman–Crippen LogP) is 1.65. The zero-order chi connectivity index (χ0) is 10.7. The molecular weight excluding hydrogens is 209 g/mol. The monoisotopic (exact) mass is 217 g/mol. The summed E-state index contributed by atoms with van der Waals surface area (Å²) in [6, 6.07) is 2.92. The van der Waals surface area contributed by atoms with Crippen LogP contribution < -0.4 is 5.73 Å². The second-order valence-electron chi connectivity index (χ2n) is 2.67. The van der Waals surface area contributed by atoms with Crippen molar-refractivity contribution in [1.29, 1.82) is 0 Å². The first-order chi connectivity index (χ1) is 6.56. The van der Waals surface area contributed by atoms with Crippen LogP contribution in [0.3, 0.4) is 0 Å². The highest BCUT2D eigenvalue weighted by Crippen LogP contribution is 2.20. The van der Waals surface area contributed by atoms with Gasteiger partial charge >= 0.3 is 5.97 Å². The van der Waals surface area contributed by atoms with Crippen molar-refractivity contribution >= 4 is 17.6 Å². The van der Waals surface area contributed by atoms with Gasteiger partial charge in [0.25, 0.3) is 0 Å². The number of halogens is 2. The fourth-order valence-electron chi connectivity index (χ4n) is 0.969. The lowest BCUT2D eigenvalue weighted by atomic mass is 10.1. The van der Waals surface area contributed by atoms with E-state index in [9.17, 15) is 9.18 Å². The third-order valence-corrected chi connectivity index (χ3v) is 2.05. The fourth-order valence-corrected chi connectivity index (χ4v) is 1.16. The van der Waals surface area contributed by atoms with E-state index >= 15 is 0 Å². The van der Waals surface area contributed by atoms with Crippen molar-refractivity contribution in [3.8, 4) is 0 Å². The number of carbonyl (C=O) groups is 1. The molecule has 0 aliphatic heterocycles. The molecule has 0 radical (unpaired) electrons. The van der Waals surface area contributed by atoms with Crippen molar-refractivity contribution in [2.75, 3.05) is 7.11 Å². The quantitative estimate of drug-likeness (QED) is 0.767. The fraction of sp³-hybridized carbons (Fsp3) is 0.222. The van der Waals surface area contributed by atoms with Crippen LogP contribution in [0, 0.1) is 5.82 Å². The summed E-state index contributed by atoms with van der Waals surface area (Å²) in [4.78, 5) is 11.0. The van der Waals surface area contributed by atoms with Crippen molar-refractivity contribution in [2.45, 2.75) is 6.04 Å². The Kier molecular flexibility index (Phi) is 3.43. The third kappa shape index (κ3) is 2.21. The molecular formula is C9H9ClFNO2. The topological polar surface area (TPSA) is 52.3 Å². The Hall–Kier alpha value is -1.13. The van der Waals surface area contributed by atoms with Crippen molar-refractivity contribution in [3.63, 3.8) is 0 Å². The molecule has 14 heavy (non-hydrogen) atoms. The van der Waals surface area contributed by atoms with Crippen LogP contribution in [0.2, 0.25) is 5.02 Å². The van der Waals surface area contributed by atoms with E-state index in [0.717, 1.165) is 6.07 Å². The third-order valence-electron chi connectivity index (χ3n) is 1.76. The average molecular weight is 218 g/mol. The first-order valence-corrected chi connectivity index (χ1v) is 4.22. The van der Waals surface area contributed by atoms with Gasteiger partial charge in [-0.05, 0) is 17.7 Å². The van der Waals surface area contributed by atoms with Crippen molar-refractivity contribution in [3.05, 3.63) is 34.6 Å². The minimum Gasteiger partial charge on any atom is -0.468 e. The molecule has 0 amide bonds. The summed E-state index contributed by atoms with van der Waals surface area (Å²) in [5.41, 5.74) is 5.93. The molecule has 1 aromatic rings. The summed E-state index contributed by atoms with van der Waals surface area (Å²) >= 11 is 5.52. The minimum absolute atomic E-state index is 0.0677. The van der Waals surface area contributed by atoms with Crippen molar-refractivity contribution in [2.24, 2.45) is 5.73 Å². The van der Waals surface area contributed by atoms with Gasteiger partial charge in [-0.25, -0.2) is 4.39 Å². The molecule has 0 bridgehead atoms. The Morgan fingerprint density at radius 3 is 2.79 bits per heavy atom. The lowest BCUT2D eigenvalue weighted by molar-refractivity contribution is -0.142. The summed E-state index contributed by atoms with van der Waals surface area (Å²) in [6.07, 6.45) is 0. The molecule has 0 saturated heterocycles. The smallest absolute Gasteiger partial charge is 0.327 e. The molecule has 0 unspecified atom stereocenters. The van der Waals surface area contributed by atoms with Crippen LogP contribution in [0.15, 0.2) is 18.2 Å². The van der Waals surface area contributed by atoms with E-state index in [1.807, 2.05) is 0 Å². The second kappa shape index (κ2) is 4.39. The van der Waals surface area contributed by atoms with E-state index in [0.29, 0.717) is 5.56 Å². The normalized spacial score (nSPS) is 12.3. The highest BCUT2D eigenvalue weighted by molar-refractivity contribution is 6.30. The Bertz CT molecular complexity index is 357. The average Bonchev–Trinajstić information content (AvgIpc) is 2.20. The van der Waals surface area contributed by atoms with Crippen LogP contribution in [0.1, 0.15) is 11.6 Å². The zero-order valence-corrected chi connectivity index (χ0v) is 8.22. The number of hydrogen-bond donors (Lipinski definition) is 1. The molecule has 5 heteroatoms. The van der Waals surface area contributed by atoms with E-state index in [4.69, 9.17) is 17.3 Å². The van der Waals surface area contributed by atoms with Gasteiger partial charge in [0, 0.05) is 0 Å². The molecule has 0 saturated carbocycles. The number of benzene rings is 1.